The number of thiol groups is 1. The second-order valence-electron chi connectivity index (χ2n) is 0.513. The Morgan fingerprint density at radius 2 is 1.50 bits per heavy atom. The molecule has 0 atom stereocenters. The van der Waals surface area contributed by atoms with Crippen molar-refractivity contribution in [3.05, 3.63) is 0 Å². The SMILES string of the molecule is OP(O)(=S)S.[Co]. The van der Waals surface area contributed by atoms with Gasteiger partial charge in [-0.25, -0.2) is 0 Å². The van der Waals surface area contributed by atoms with Crippen molar-refractivity contribution in [1.82, 2.24) is 0 Å². The minimum atomic E-state index is -3.11. The number of hydrogen-bond acceptors (Lipinski definition) is 1. The summed E-state index contributed by atoms with van der Waals surface area (Å²) < 4.78 is 0. The molecule has 0 saturated heterocycles. The third-order valence-corrected chi connectivity index (χ3v) is 0. The standard InChI is InChI=1S/Co.H3O2PS2/c;1-3(2,4)5/h;(H3,1,2,4,5). The van der Waals surface area contributed by atoms with E-state index >= 15 is 0 Å². The first kappa shape index (κ1) is 10.4. The number of hydrogen-bond donors (Lipinski definition) is 3. The molecule has 0 unspecified atom stereocenters. The average Bonchev–Trinajstić information content (AvgIpc) is 0.722. The zero-order valence-corrected chi connectivity index (χ0v) is 6.18. The van der Waals surface area contributed by atoms with Crippen LogP contribution in [-0.2, 0) is 28.6 Å². The maximum absolute atomic E-state index is 7.87. The molecule has 2 N–H and O–H groups in total. The Morgan fingerprint density at radius 3 is 1.50 bits per heavy atom. The van der Waals surface area contributed by atoms with Crippen LogP contribution in [0.5, 0.6) is 0 Å². The van der Waals surface area contributed by atoms with Crippen molar-refractivity contribution < 1.29 is 26.6 Å². The van der Waals surface area contributed by atoms with Crippen LogP contribution < -0.4 is 0 Å². The van der Waals surface area contributed by atoms with Gasteiger partial charge >= 0.3 is 0 Å². The molecule has 0 rings (SSSR count). The summed E-state index contributed by atoms with van der Waals surface area (Å²) in [6.45, 7) is 0. The predicted molar refractivity (Wildman–Crippen MR) is 27.7 cm³/mol. The van der Waals surface area contributed by atoms with Crippen LogP contribution in [0.25, 0.3) is 0 Å². The third-order valence-electron chi connectivity index (χ3n) is 0. The molecular formula is H3CoO2PS2. The normalized spacial score (nSPS) is 9.83. The Bertz CT molecular complexity index is 57.7. The summed E-state index contributed by atoms with van der Waals surface area (Å²) in [5.41, 5.74) is -3.11. The molecule has 0 saturated carbocycles. The molecule has 0 heterocycles. The van der Waals surface area contributed by atoms with E-state index in [0.29, 0.717) is 0 Å². The molecule has 0 aliphatic rings. The largest absolute Gasteiger partial charge is 0.338 e. The molecule has 0 aromatic rings. The van der Waals surface area contributed by atoms with Gasteiger partial charge in [0.1, 0.15) is 0 Å². The van der Waals surface area contributed by atoms with E-state index in [1.54, 1.807) is 0 Å². The van der Waals surface area contributed by atoms with E-state index in [1.807, 2.05) is 0 Å². The summed E-state index contributed by atoms with van der Waals surface area (Å²) in [4.78, 5) is 15.7. The van der Waals surface area contributed by atoms with E-state index < -0.39 is 5.69 Å². The van der Waals surface area contributed by atoms with Crippen molar-refractivity contribution in [3.63, 3.8) is 0 Å². The summed E-state index contributed by atoms with van der Waals surface area (Å²) in [5.74, 6) is 0. The van der Waals surface area contributed by atoms with Gasteiger partial charge in [-0.05, 0) is 11.8 Å². The third kappa shape index (κ3) is 52.3. The van der Waals surface area contributed by atoms with Crippen LogP contribution in [0.1, 0.15) is 0 Å². The van der Waals surface area contributed by atoms with Crippen LogP contribution in [-0.4, -0.2) is 9.79 Å². The van der Waals surface area contributed by atoms with Crippen molar-refractivity contribution in [3.8, 4) is 0 Å². The predicted octanol–water partition coefficient (Wildman–Crippen LogP) is 0.123. The first-order chi connectivity index (χ1) is 2.00. The van der Waals surface area contributed by atoms with Gasteiger partial charge in [-0.15, -0.1) is 0 Å². The van der Waals surface area contributed by atoms with Crippen LogP contribution >= 0.6 is 17.9 Å². The van der Waals surface area contributed by atoms with Crippen molar-refractivity contribution in [2.24, 2.45) is 0 Å². The van der Waals surface area contributed by atoms with Crippen LogP contribution in [0.2, 0.25) is 0 Å². The summed E-state index contributed by atoms with van der Waals surface area (Å²) in [5, 5.41) is 0. The smallest absolute Gasteiger partial charge is 0.239 e. The molecule has 0 aliphatic carbocycles. The fourth-order valence-corrected chi connectivity index (χ4v) is 0. The monoisotopic (exact) mass is 189 g/mol. The van der Waals surface area contributed by atoms with Crippen LogP contribution in [0.3, 0.4) is 0 Å². The minimum absolute atomic E-state index is 0. The molecule has 6 heteroatoms. The van der Waals surface area contributed by atoms with Crippen LogP contribution in [0.4, 0.5) is 0 Å². The topological polar surface area (TPSA) is 40.5 Å². The molecular weight excluding hydrogens is 186 g/mol. The summed E-state index contributed by atoms with van der Waals surface area (Å²) in [6, 6.07) is 0. The Morgan fingerprint density at radius 1 is 1.50 bits per heavy atom. The second kappa shape index (κ2) is 3.43. The number of rotatable bonds is 0. The van der Waals surface area contributed by atoms with Crippen molar-refractivity contribution in [2.75, 3.05) is 0 Å². The molecule has 0 spiro atoms. The molecule has 0 aromatic carbocycles. The Labute approximate surface area is 56.5 Å². The van der Waals surface area contributed by atoms with Gasteiger partial charge in [0, 0.05) is 16.8 Å². The summed E-state index contributed by atoms with van der Waals surface area (Å²) >= 11 is 7.07. The van der Waals surface area contributed by atoms with E-state index in [0.717, 1.165) is 0 Å². The van der Waals surface area contributed by atoms with Gasteiger partial charge in [-0.1, -0.05) is 12.2 Å². The second-order valence-corrected chi connectivity index (χ2v) is 5.55. The van der Waals surface area contributed by atoms with Gasteiger partial charge in [0.15, 0.2) is 0 Å². The van der Waals surface area contributed by atoms with Gasteiger partial charge < -0.3 is 9.79 Å². The van der Waals surface area contributed by atoms with Crippen molar-refractivity contribution in [2.45, 2.75) is 0 Å². The molecule has 0 aromatic heterocycles. The summed E-state index contributed by atoms with van der Waals surface area (Å²) in [6.07, 6.45) is 0. The van der Waals surface area contributed by atoms with Crippen LogP contribution in [0, 0.1) is 0 Å². The quantitative estimate of drug-likeness (QED) is 0.374. The fourth-order valence-electron chi connectivity index (χ4n) is 0. The van der Waals surface area contributed by atoms with E-state index in [2.05, 4.69) is 24.1 Å². The molecule has 6 heavy (non-hydrogen) atoms. The zero-order chi connectivity index (χ0) is 4.50. The molecule has 0 amide bonds. The van der Waals surface area contributed by atoms with Gasteiger partial charge in [-0.3, -0.25) is 0 Å². The van der Waals surface area contributed by atoms with E-state index in [9.17, 15) is 0 Å². The van der Waals surface area contributed by atoms with E-state index in [1.165, 1.54) is 0 Å². The van der Waals surface area contributed by atoms with Crippen LogP contribution in [0.15, 0.2) is 0 Å². The molecule has 0 fully saturated rings. The molecule has 0 aliphatic heterocycles. The molecule has 1 radical (unpaired) electrons. The van der Waals surface area contributed by atoms with Crippen molar-refractivity contribution in [1.29, 1.82) is 0 Å². The average molecular weight is 189 g/mol. The maximum atomic E-state index is 7.87. The first-order valence-corrected chi connectivity index (χ1v) is 4.64. The van der Waals surface area contributed by atoms with Crippen molar-refractivity contribution >= 4 is 29.7 Å². The van der Waals surface area contributed by atoms with E-state index in [4.69, 9.17) is 9.79 Å². The first-order valence-electron chi connectivity index (χ1n) is 0.783. The Kier molecular flexibility index (Phi) is 5.96. The van der Waals surface area contributed by atoms with E-state index in [-0.39, 0.29) is 16.8 Å². The maximum Gasteiger partial charge on any atom is 0.239 e. The Hall–Kier alpha value is 1.43. The minimum Gasteiger partial charge on any atom is -0.338 e. The summed E-state index contributed by atoms with van der Waals surface area (Å²) in [7, 11) is 0. The molecule has 2 nitrogen and oxygen atoms in total. The Balaban J connectivity index is 0. The van der Waals surface area contributed by atoms with Gasteiger partial charge in [0.05, 0.1) is 0 Å². The molecule has 41 valence electrons. The van der Waals surface area contributed by atoms with Gasteiger partial charge in [-0.2, -0.15) is 0 Å². The zero-order valence-electron chi connectivity index (χ0n) is 2.53. The fraction of sp³-hybridized carbons (Fsp3) is 0. The van der Waals surface area contributed by atoms with Gasteiger partial charge in [0.2, 0.25) is 5.69 Å². The molecule has 0 bridgehead atoms. The van der Waals surface area contributed by atoms with Gasteiger partial charge in [0.25, 0.3) is 0 Å².